The zero-order valence-electron chi connectivity index (χ0n) is 19.3. The maximum Gasteiger partial charge on any atom is 0.416 e. The first-order chi connectivity index (χ1) is 15.1. The number of nitrogens with zero attached hydrogens (tertiary/aromatic N) is 1. The van der Waals surface area contributed by atoms with E-state index in [1.165, 1.54) is 6.07 Å². The predicted octanol–water partition coefficient (Wildman–Crippen LogP) is 4.80. The molecule has 1 aromatic rings. The van der Waals surface area contributed by atoms with Crippen LogP contribution in [-0.4, -0.2) is 42.6 Å². The van der Waals surface area contributed by atoms with Gasteiger partial charge in [-0.1, -0.05) is 26.8 Å². The van der Waals surface area contributed by atoms with E-state index < -0.39 is 17.2 Å². The van der Waals surface area contributed by atoms with Gasteiger partial charge in [-0.15, -0.1) is 0 Å². The Bertz CT molecular complexity index is 841. The van der Waals surface area contributed by atoms with Gasteiger partial charge >= 0.3 is 6.18 Å². The van der Waals surface area contributed by atoms with E-state index in [-0.39, 0.29) is 18.4 Å². The van der Waals surface area contributed by atoms with Crippen molar-refractivity contribution in [2.24, 2.45) is 17.3 Å². The van der Waals surface area contributed by atoms with Crippen molar-refractivity contribution in [1.29, 1.82) is 0 Å². The van der Waals surface area contributed by atoms with Crippen LogP contribution in [0.25, 0.3) is 0 Å². The molecular formula is C25H35F3N2O2. The Labute approximate surface area is 188 Å². The van der Waals surface area contributed by atoms with Gasteiger partial charge in [0.05, 0.1) is 17.6 Å². The van der Waals surface area contributed by atoms with Gasteiger partial charge in [0, 0.05) is 31.8 Å². The minimum absolute atomic E-state index is 0.111. The molecule has 32 heavy (non-hydrogen) atoms. The number of benzene rings is 1. The molecule has 1 saturated carbocycles. The van der Waals surface area contributed by atoms with Gasteiger partial charge in [-0.2, -0.15) is 13.2 Å². The van der Waals surface area contributed by atoms with E-state index in [0.29, 0.717) is 36.5 Å². The topological polar surface area (TPSA) is 41.6 Å². The highest BCUT2D eigenvalue weighted by Gasteiger charge is 2.50. The smallest absolute Gasteiger partial charge is 0.381 e. The van der Waals surface area contributed by atoms with Crippen molar-refractivity contribution in [3.8, 4) is 0 Å². The Balaban J connectivity index is 1.48. The first-order valence-corrected chi connectivity index (χ1v) is 11.9. The van der Waals surface area contributed by atoms with Crippen LogP contribution in [0.3, 0.4) is 0 Å². The highest BCUT2D eigenvalue weighted by Crippen LogP contribution is 2.47. The number of rotatable bonds is 4. The predicted molar refractivity (Wildman–Crippen MR) is 117 cm³/mol. The molecule has 0 aromatic heterocycles. The van der Waals surface area contributed by atoms with Gasteiger partial charge in [0.2, 0.25) is 5.91 Å². The molecule has 0 bridgehead atoms. The van der Waals surface area contributed by atoms with E-state index in [2.05, 4.69) is 26.1 Å². The first kappa shape index (κ1) is 23.6. The van der Waals surface area contributed by atoms with Crippen LogP contribution >= 0.6 is 0 Å². The van der Waals surface area contributed by atoms with E-state index in [0.717, 1.165) is 50.5 Å². The number of nitrogens with one attached hydrogen (secondary N) is 1. The van der Waals surface area contributed by atoms with Crippen molar-refractivity contribution >= 4 is 5.91 Å². The number of carbonyl (C=O) groups excluding carboxylic acids is 1. The summed E-state index contributed by atoms with van der Waals surface area (Å²) in [5.41, 5.74) is 0.451. The number of ether oxygens (including phenoxy) is 1. The van der Waals surface area contributed by atoms with Crippen LogP contribution in [0.5, 0.6) is 0 Å². The molecule has 4 rings (SSSR count). The molecule has 1 N–H and O–H groups in total. The molecule has 4 atom stereocenters. The molecule has 0 radical (unpaired) electrons. The summed E-state index contributed by atoms with van der Waals surface area (Å²) in [6, 6.07) is 4.65. The fraction of sp³-hybridized carbons (Fsp3) is 0.720. The van der Waals surface area contributed by atoms with Gasteiger partial charge in [0.15, 0.2) is 0 Å². The Hall–Kier alpha value is -1.60. The van der Waals surface area contributed by atoms with Gasteiger partial charge in [0.25, 0.3) is 0 Å². The normalized spacial score (nSPS) is 31.1. The molecule has 1 aromatic carbocycles. The first-order valence-electron chi connectivity index (χ1n) is 11.9. The van der Waals surface area contributed by atoms with E-state index >= 15 is 0 Å². The summed E-state index contributed by atoms with van der Waals surface area (Å²) in [7, 11) is 0. The Morgan fingerprint density at radius 1 is 1.25 bits per heavy atom. The highest BCUT2D eigenvalue weighted by atomic mass is 19.4. The minimum atomic E-state index is -4.37. The molecule has 1 amide bonds. The lowest BCUT2D eigenvalue weighted by atomic mass is 9.73. The summed E-state index contributed by atoms with van der Waals surface area (Å²) in [4.78, 5) is 15.6. The molecule has 4 nitrogen and oxygen atoms in total. The number of alkyl halides is 3. The fourth-order valence-electron chi connectivity index (χ4n) is 5.84. The van der Waals surface area contributed by atoms with Gasteiger partial charge in [-0.05, 0) is 67.2 Å². The zero-order chi connectivity index (χ0) is 23.1. The SMILES string of the molecule is CC(C)C1(C(=O)N2CCc3ccc(C(F)(F)F)cc3C2)CCC(N[C@H]2CCOC[C@H]2C)C1. The van der Waals surface area contributed by atoms with Crippen LogP contribution in [0.2, 0.25) is 0 Å². The quantitative estimate of drug-likeness (QED) is 0.714. The summed E-state index contributed by atoms with van der Waals surface area (Å²) in [5, 5.41) is 3.80. The van der Waals surface area contributed by atoms with Crippen molar-refractivity contribution < 1.29 is 22.7 Å². The van der Waals surface area contributed by atoms with E-state index in [4.69, 9.17) is 4.74 Å². The van der Waals surface area contributed by atoms with Crippen LogP contribution in [0.1, 0.15) is 63.1 Å². The average Bonchev–Trinajstić information content (AvgIpc) is 3.19. The summed E-state index contributed by atoms with van der Waals surface area (Å²) in [5.74, 6) is 0.742. The van der Waals surface area contributed by atoms with Gasteiger partial charge in [-0.3, -0.25) is 4.79 Å². The maximum absolute atomic E-state index is 13.8. The average molecular weight is 453 g/mol. The Morgan fingerprint density at radius 2 is 2.03 bits per heavy atom. The van der Waals surface area contributed by atoms with Crippen LogP contribution in [0, 0.1) is 17.3 Å². The molecule has 2 heterocycles. The second-order valence-corrected chi connectivity index (χ2v) is 10.3. The van der Waals surface area contributed by atoms with Crippen molar-refractivity contribution in [2.75, 3.05) is 19.8 Å². The third-order valence-corrected chi connectivity index (χ3v) is 8.00. The molecule has 3 aliphatic rings. The van der Waals surface area contributed by atoms with Crippen molar-refractivity contribution in [3.63, 3.8) is 0 Å². The van der Waals surface area contributed by atoms with E-state index in [1.807, 2.05) is 4.90 Å². The van der Waals surface area contributed by atoms with Gasteiger partial charge < -0.3 is 15.0 Å². The second-order valence-electron chi connectivity index (χ2n) is 10.3. The second kappa shape index (κ2) is 8.98. The summed E-state index contributed by atoms with van der Waals surface area (Å²) in [6.45, 7) is 8.80. The molecule has 1 aliphatic carbocycles. The number of halogens is 3. The monoisotopic (exact) mass is 452 g/mol. The molecule has 2 fully saturated rings. The van der Waals surface area contributed by atoms with E-state index in [9.17, 15) is 18.0 Å². The van der Waals surface area contributed by atoms with Crippen molar-refractivity contribution in [1.82, 2.24) is 10.2 Å². The van der Waals surface area contributed by atoms with E-state index in [1.54, 1.807) is 6.07 Å². The zero-order valence-corrected chi connectivity index (χ0v) is 19.3. The lowest BCUT2D eigenvalue weighted by Gasteiger charge is -2.40. The summed E-state index contributed by atoms with van der Waals surface area (Å²) in [6.07, 6.45) is -0.202. The molecular weight excluding hydrogens is 417 g/mol. The van der Waals surface area contributed by atoms with Gasteiger partial charge in [0.1, 0.15) is 0 Å². The fourth-order valence-corrected chi connectivity index (χ4v) is 5.84. The van der Waals surface area contributed by atoms with Crippen LogP contribution in [0.4, 0.5) is 13.2 Å². The van der Waals surface area contributed by atoms with Crippen molar-refractivity contribution in [2.45, 2.75) is 77.7 Å². The number of amides is 1. The minimum Gasteiger partial charge on any atom is -0.381 e. The third-order valence-electron chi connectivity index (χ3n) is 8.00. The van der Waals surface area contributed by atoms with Gasteiger partial charge in [-0.25, -0.2) is 0 Å². The molecule has 1 saturated heterocycles. The summed E-state index contributed by atoms with van der Waals surface area (Å²) < 4.78 is 45.1. The Morgan fingerprint density at radius 3 is 2.72 bits per heavy atom. The molecule has 0 spiro atoms. The van der Waals surface area contributed by atoms with Crippen LogP contribution in [-0.2, 0) is 28.7 Å². The third kappa shape index (κ3) is 4.56. The highest BCUT2D eigenvalue weighted by molar-refractivity contribution is 5.84. The summed E-state index contributed by atoms with van der Waals surface area (Å²) >= 11 is 0. The Kier molecular flexibility index (Phi) is 6.61. The largest absolute Gasteiger partial charge is 0.416 e. The number of hydrogen-bond donors (Lipinski definition) is 1. The molecule has 2 aliphatic heterocycles. The number of carbonyl (C=O) groups is 1. The molecule has 178 valence electrons. The maximum atomic E-state index is 13.8. The van der Waals surface area contributed by atoms with Crippen molar-refractivity contribution in [3.05, 3.63) is 34.9 Å². The standard InChI is InChI=1S/C25H35F3N2O2/c1-16(2)24(9-6-21(13-24)29-22-8-11-32-15-17(22)3)23(31)30-10-7-18-4-5-20(25(26,27)28)12-19(18)14-30/h4-5,12,16-17,21-22,29H,6-11,13-15H2,1-3H3/t17-,21?,22+,24?/m1/s1. The van der Waals surface area contributed by atoms with Crippen LogP contribution < -0.4 is 5.32 Å². The van der Waals surface area contributed by atoms with Crippen LogP contribution in [0.15, 0.2) is 18.2 Å². The number of fused-ring (bicyclic) bond motifs is 1. The molecule has 2 unspecified atom stereocenters. The lowest BCUT2D eigenvalue weighted by molar-refractivity contribution is -0.145. The lowest BCUT2D eigenvalue weighted by Crippen LogP contribution is -2.49. The molecule has 7 heteroatoms. The number of hydrogen-bond acceptors (Lipinski definition) is 3.